The van der Waals surface area contributed by atoms with Gasteiger partial charge in [-0.3, -0.25) is 4.79 Å². The summed E-state index contributed by atoms with van der Waals surface area (Å²) in [5.74, 6) is -0.0649. The molecule has 0 saturated heterocycles. The third-order valence-corrected chi connectivity index (χ3v) is 3.04. The number of benzene rings is 1. The van der Waals surface area contributed by atoms with Gasteiger partial charge in [-0.15, -0.1) is 12.4 Å². The maximum atomic E-state index is 13.2. The second-order valence-corrected chi connectivity index (χ2v) is 4.99. The summed E-state index contributed by atoms with van der Waals surface area (Å²) >= 11 is 0. The number of hydrogen-bond donors (Lipinski definition) is 2. The van der Waals surface area contributed by atoms with Crippen LogP contribution in [0.5, 0.6) is 5.75 Å². The number of carbonyl (C=O) groups excluding carboxylic acids is 1. The zero-order chi connectivity index (χ0) is 15.5. The highest BCUT2D eigenvalue weighted by Crippen LogP contribution is 2.26. The summed E-state index contributed by atoms with van der Waals surface area (Å²) in [7, 11) is 0. The molecule has 1 aromatic carbocycles. The fourth-order valence-electron chi connectivity index (χ4n) is 1.93. The van der Waals surface area contributed by atoms with Crippen LogP contribution in [0.25, 0.3) is 0 Å². The van der Waals surface area contributed by atoms with E-state index in [0.717, 1.165) is 32.1 Å². The van der Waals surface area contributed by atoms with Crippen LogP contribution in [0.2, 0.25) is 0 Å². The Bertz CT molecular complexity index is 444. The van der Waals surface area contributed by atoms with E-state index in [2.05, 4.69) is 5.32 Å². The Hall–Kier alpha value is -1.33. The Morgan fingerprint density at radius 3 is 2.68 bits per heavy atom. The van der Waals surface area contributed by atoms with Gasteiger partial charge in [-0.2, -0.15) is 0 Å². The number of nitrogens with one attached hydrogen (secondary N) is 1. The molecular weight excluding hydrogens is 307 g/mol. The minimum Gasteiger partial charge on any atom is -0.491 e. The second kappa shape index (κ2) is 12.2. The van der Waals surface area contributed by atoms with E-state index in [4.69, 9.17) is 10.5 Å². The van der Waals surface area contributed by atoms with Crippen LogP contribution in [0.1, 0.15) is 45.4 Å². The molecule has 3 N–H and O–H groups in total. The summed E-state index contributed by atoms with van der Waals surface area (Å²) in [5.41, 5.74) is 5.94. The van der Waals surface area contributed by atoms with Gasteiger partial charge < -0.3 is 15.8 Å². The number of rotatable bonds is 10. The van der Waals surface area contributed by atoms with Gasteiger partial charge in [0.15, 0.2) is 0 Å². The topological polar surface area (TPSA) is 64.3 Å². The molecule has 0 heterocycles. The molecule has 0 bridgehead atoms. The second-order valence-electron chi connectivity index (χ2n) is 4.99. The van der Waals surface area contributed by atoms with E-state index in [0.29, 0.717) is 31.0 Å². The number of anilines is 1. The molecule has 1 amide bonds. The third kappa shape index (κ3) is 8.20. The molecule has 0 saturated carbocycles. The quantitative estimate of drug-likeness (QED) is 0.639. The first kappa shape index (κ1) is 20.7. The van der Waals surface area contributed by atoms with Crippen molar-refractivity contribution >= 4 is 24.0 Å². The minimum atomic E-state index is -0.374. The summed E-state index contributed by atoms with van der Waals surface area (Å²) in [5, 5.41) is 2.78. The number of ether oxygens (including phenoxy) is 1. The van der Waals surface area contributed by atoms with Crippen molar-refractivity contribution < 1.29 is 13.9 Å². The molecule has 6 heteroatoms. The standard InChI is InChI=1S/C16H25FN2O2.ClH/c1-2-11-21-15-12-13(17)8-9-14(15)19-16(20)7-5-3-4-6-10-18;/h8-9,12H,2-7,10-11,18H2,1H3,(H,19,20);1H. The first-order valence-corrected chi connectivity index (χ1v) is 7.59. The van der Waals surface area contributed by atoms with E-state index < -0.39 is 0 Å². The zero-order valence-corrected chi connectivity index (χ0v) is 13.9. The summed E-state index contributed by atoms with van der Waals surface area (Å²) in [6.45, 7) is 3.16. The van der Waals surface area contributed by atoms with Crippen LogP contribution in [-0.4, -0.2) is 19.1 Å². The molecule has 22 heavy (non-hydrogen) atoms. The van der Waals surface area contributed by atoms with Gasteiger partial charge in [0.25, 0.3) is 0 Å². The van der Waals surface area contributed by atoms with Gasteiger partial charge in [0.1, 0.15) is 11.6 Å². The maximum Gasteiger partial charge on any atom is 0.224 e. The van der Waals surface area contributed by atoms with Crippen molar-refractivity contribution in [3.05, 3.63) is 24.0 Å². The van der Waals surface area contributed by atoms with Crippen LogP contribution in [0.15, 0.2) is 18.2 Å². The lowest BCUT2D eigenvalue weighted by Gasteiger charge is -2.12. The monoisotopic (exact) mass is 332 g/mol. The van der Waals surface area contributed by atoms with Gasteiger partial charge >= 0.3 is 0 Å². The van der Waals surface area contributed by atoms with E-state index in [1.54, 1.807) is 0 Å². The average molecular weight is 333 g/mol. The predicted octanol–water partition coefficient (Wildman–Crippen LogP) is 3.88. The molecule has 0 spiro atoms. The fourth-order valence-corrected chi connectivity index (χ4v) is 1.93. The van der Waals surface area contributed by atoms with Gasteiger partial charge in [0, 0.05) is 12.5 Å². The molecule has 4 nitrogen and oxygen atoms in total. The summed E-state index contributed by atoms with van der Waals surface area (Å²) < 4.78 is 18.7. The van der Waals surface area contributed by atoms with Crippen molar-refractivity contribution in [2.24, 2.45) is 5.73 Å². The summed E-state index contributed by atoms with van der Waals surface area (Å²) in [6.07, 6.45) is 5.14. The van der Waals surface area contributed by atoms with Crippen molar-refractivity contribution in [1.82, 2.24) is 0 Å². The molecular formula is C16H26ClFN2O2. The van der Waals surface area contributed by atoms with Crippen molar-refractivity contribution in [2.75, 3.05) is 18.5 Å². The number of carbonyl (C=O) groups is 1. The molecule has 0 aromatic heterocycles. The predicted molar refractivity (Wildman–Crippen MR) is 90.2 cm³/mol. The van der Waals surface area contributed by atoms with Gasteiger partial charge in [-0.25, -0.2) is 4.39 Å². The van der Waals surface area contributed by atoms with Crippen LogP contribution in [0.4, 0.5) is 10.1 Å². The Labute approximate surface area is 138 Å². The summed E-state index contributed by atoms with van der Waals surface area (Å²) in [4.78, 5) is 11.9. The average Bonchev–Trinajstić information content (AvgIpc) is 2.47. The van der Waals surface area contributed by atoms with Gasteiger partial charge in [0.05, 0.1) is 12.3 Å². The van der Waals surface area contributed by atoms with Crippen LogP contribution < -0.4 is 15.8 Å². The van der Waals surface area contributed by atoms with Crippen LogP contribution in [0, 0.1) is 5.82 Å². The van der Waals surface area contributed by atoms with E-state index in [-0.39, 0.29) is 24.1 Å². The van der Waals surface area contributed by atoms with Crippen molar-refractivity contribution in [3.63, 3.8) is 0 Å². The number of unbranched alkanes of at least 4 members (excludes halogenated alkanes) is 3. The first-order chi connectivity index (χ1) is 10.2. The summed E-state index contributed by atoms with van der Waals surface area (Å²) in [6, 6.07) is 4.15. The smallest absolute Gasteiger partial charge is 0.224 e. The van der Waals surface area contributed by atoms with Crippen LogP contribution in [-0.2, 0) is 4.79 Å². The molecule has 0 atom stereocenters. The molecule has 0 aliphatic rings. The van der Waals surface area contributed by atoms with E-state index >= 15 is 0 Å². The Morgan fingerprint density at radius 1 is 1.27 bits per heavy atom. The highest BCUT2D eigenvalue weighted by atomic mass is 35.5. The molecule has 1 rings (SSSR count). The molecule has 0 radical (unpaired) electrons. The van der Waals surface area contributed by atoms with Gasteiger partial charge in [-0.05, 0) is 37.9 Å². The van der Waals surface area contributed by atoms with Crippen molar-refractivity contribution in [2.45, 2.75) is 45.4 Å². The molecule has 126 valence electrons. The zero-order valence-electron chi connectivity index (χ0n) is 13.1. The lowest BCUT2D eigenvalue weighted by Crippen LogP contribution is -2.12. The molecule has 0 aliphatic carbocycles. The van der Waals surface area contributed by atoms with Gasteiger partial charge in [-0.1, -0.05) is 19.8 Å². The normalized spacial score (nSPS) is 9.95. The van der Waals surface area contributed by atoms with E-state index in [1.807, 2.05) is 6.92 Å². The number of amides is 1. The van der Waals surface area contributed by atoms with Crippen molar-refractivity contribution in [3.8, 4) is 5.75 Å². The highest BCUT2D eigenvalue weighted by molar-refractivity contribution is 5.92. The number of hydrogen-bond acceptors (Lipinski definition) is 3. The lowest BCUT2D eigenvalue weighted by atomic mass is 10.1. The number of halogens is 2. The molecule has 0 unspecified atom stereocenters. The Morgan fingerprint density at radius 2 is 2.00 bits per heavy atom. The first-order valence-electron chi connectivity index (χ1n) is 7.59. The van der Waals surface area contributed by atoms with E-state index in [9.17, 15) is 9.18 Å². The maximum absolute atomic E-state index is 13.2. The SMILES string of the molecule is CCCOc1cc(F)ccc1NC(=O)CCCCCCN.Cl. The Kier molecular flexibility index (Phi) is 11.5. The lowest BCUT2D eigenvalue weighted by molar-refractivity contribution is -0.116. The third-order valence-electron chi connectivity index (χ3n) is 3.04. The number of nitrogens with two attached hydrogens (primary N) is 1. The van der Waals surface area contributed by atoms with Crippen LogP contribution >= 0.6 is 12.4 Å². The van der Waals surface area contributed by atoms with Crippen LogP contribution in [0.3, 0.4) is 0 Å². The van der Waals surface area contributed by atoms with Crippen molar-refractivity contribution in [1.29, 1.82) is 0 Å². The Balaban J connectivity index is 0.00000441. The highest BCUT2D eigenvalue weighted by Gasteiger charge is 2.09. The minimum absolute atomic E-state index is 0. The molecule has 1 aromatic rings. The fraction of sp³-hybridized carbons (Fsp3) is 0.562. The van der Waals surface area contributed by atoms with Gasteiger partial charge in [0.2, 0.25) is 5.91 Å². The molecule has 0 fully saturated rings. The molecule has 0 aliphatic heterocycles. The largest absolute Gasteiger partial charge is 0.491 e. The van der Waals surface area contributed by atoms with E-state index in [1.165, 1.54) is 18.2 Å².